The minimum absolute atomic E-state index is 0. The van der Waals surface area contributed by atoms with Gasteiger partial charge in [-0.2, -0.15) is 0 Å². The van der Waals surface area contributed by atoms with Gasteiger partial charge in [-0.3, -0.25) is 9.89 Å². The third-order valence-electron chi connectivity index (χ3n) is 6.45. The van der Waals surface area contributed by atoms with E-state index in [0.717, 1.165) is 71.3 Å². The van der Waals surface area contributed by atoms with E-state index in [0.29, 0.717) is 12.0 Å². The quantitative estimate of drug-likeness (QED) is 0.318. The number of ether oxygens (including phenoxy) is 1. The maximum absolute atomic E-state index is 5.45. The van der Waals surface area contributed by atoms with Crippen LogP contribution in [0, 0.1) is 5.92 Å². The number of rotatable bonds is 6. The number of guanidine groups is 1. The summed E-state index contributed by atoms with van der Waals surface area (Å²) in [5.41, 5.74) is 2.94. The summed E-state index contributed by atoms with van der Waals surface area (Å²) in [6, 6.07) is 9.61. The predicted molar refractivity (Wildman–Crippen MR) is 147 cm³/mol. The first-order chi connectivity index (χ1) is 14.8. The minimum atomic E-state index is 0. The van der Waals surface area contributed by atoms with Gasteiger partial charge in [-0.05, 0) is 41.9 Å². The average Bonchev–Trinajstić information content (AvgIpc) is 2.77. The van der Waals surface area contributed by atoms with Crippen molar-refractivity contribution in [3.8, 4) is 0 Å². The van der Waals surface area contributed by atoms with Crippen LogP contribution in [0.2, 0.25) is 0 Å². The zero-order chi connectivity index (χ0) is 22.3. The third kappa shape index (κ3) is 8.37. The van der Waals surface area contributed by atoms with Crippen molar-refractivity contribution >= 4 is 35.6 Å². The van der Waals surface area contributed by atoms with Crippen molar-refractivity contribution in [1.82, 2.24) is 15.5 Å². The molecule has 0 saturated carbocycles. The van der Waals surface area contributed by atoms with E-state index in [4.69, 9.17) is 4.74 Å². The Bertz CT molecular complexity index is 689. The normalized spacial score (nSPS) is 19.9. The van der Waals surface area contributed by atoms with E-state index in [1.807, 2.05) is 7.05 Å². The molecule has 0 aliphatic carbocycles. The maximum Gasteiger partial charge on any atom is 0.191 e. The third-order valence-corrected chi connectivity index (χ3v) is 6.45. The Morgan fingerprint density at radius 3 is 2.28 bits per heavy atom. The van der Waals surface area contributed by atoms with Crippen LogP contribution < -0.4 is 15.5 Å². The fourth-order valence-corrected chi connectivity index (χ4v) is 4.40. The van der Waals surface area contributed by atoms with E-state index in [9.17, 15) is 0 Å². The highest BCUT2D eigenvalue weighted by molar-refractivity contribution is 14.0. The lowest BCUT2D eigenvalue weighted by Crippen LogP contribution is -2.50. The van der Waals surface area contributed by atoms with Crippen LogP contribution in [0.5, 0.6) is 0 Å². The number of benzene rings is 1. The van der Waals surface area contributed by atoms with E-state index in [1.54, 1.807) is 0 Å². The molecule has 32 heavy (non-hydrogen) atoms. The molecule has 0 amide bonds. The molecule has 1 atom stereocenters. The number of nitrogens with zero attached hydrogens (tertiary/aromatic N) is 3. The van der Waals surface area contributed by atoms with Crippen LogP contribution in [0.3, 0.4) is 0 Å². The van der Waals surface area contributed by atoms with Gasteiger partial charge in [0, 0.05) is 58.0 Å². The van der Waals surface area contributed by atoms with Crippen LogP contribution >= 0.6 is 24.0 Å². The Morgan fingerprint density at radius 1 is 1.09 bits per heavy atom. The summed E-state index contributed by atoms with van der Waals surface area (Å²) >= 11 is 0. The van der Waals surface area contributed by atoms with Gasteiger partial charge in [-0.15, -0.1) is 24.0 Å². The second-order valence-electron chi connectivity index (χ2n) is 10.2. The predicted octanol–water partition coefficient (Wildman–Crippen LogP) is 3.70. The molecule has 2 aliphatic heterocycles. The van der Waals surface area contributed by atoms with Gasteiger partial charge in [0.05, 0.1) is 13.2 Å². The van der Waals surface area contributed by atoms with E-state index in [2.05, 4.69) is 77.4 Å². The van der Waals surface area contributed by atoms with E-state index < -0.39 is 0 Å². The zero-order valence-electron chi connectivity index (χ0n) is 20.7. The number of anilines is 1. The number of hydrogen-bond donors (Lipinski definition) is 2. The molecule has 182 valence electrons. The number of morpholine rings is 1. The Balaban J connectivity index is 0.00000363. The lowest BCUT2D eigenvalue weighted by Gasteiger charge is -2.35. The van der Waals surface area contributed by atoms with Crippen LogP contribution in [0.4, 0.5) is 5.69 Å². The van der Waals surface area contributed by atoms with Crippen LogP contribution in [-0.4, -0.2) is 76.4 Å². The molecule has 2 N–H and O–H groups in total. The van der Waals surface area contributed by atoms with E-state index in [-0.39, 0.29) is 29.4 Å². The second kappa shape index (κ2) is 13.0. The van der Waals surface area contributed by atoms with Crippen molar-refractivity contribution in [2.45, 2.75) is 52.0 Å². The average molecular weight is 558 g/mol. The standard InChI is InChI=1S/C25H43N5O.HI/c1-20(19-29-14-16-31-17-15-29)18-27-24(26-5)28-22-10-12-30(13-11-22)23-8-6-21(7-9-23)25(2,3)4;/h6-9,20,22H,10-19H2,1-5H3,(H2,26,27,28);1H. The second-order valence-corrected chi connectivity index (χ2v) is 10.2. The Hall–Kier alpha value is -1.06. The molecule has 3 rings (SSSR count). The number of halogens is 1. The highest BCUT2D eigenvalue weighted by atomic mass is 127. The topological polar surface area (TPSA) is 52.1 Å². The number of hydrogen-bond acceptors (Lipinski definition) is 4. The molecular weight excluding hydrogens is 513 g/mol. The molecule has 0 radical (unpaired) electrons. The minimum Gasteiger partial charge on any atom is -0.379 e. The highest BCUT2D eigenvalue weighted by Crippen LogP contribution is 2.26. The van der Waals surface area contributed by atoms with Crippen molar-refractivity contribution in [1.29, 1.82) is 0 Å². The van der Waals surface area contributed by atoms with Gasteiger partial charge in [0.15, 0.2) is 5.96 Å². The molecule has 2 aliphatic rings. The molecule has 7 heteroatoms. The van der Waals surface area contributed by atoms with Gasteiger partial charge in [-0.25, -0.2) is 0 Å². The Kier molecular flexibility index (Phi) is 11.0. The molecule has 0 aromatic heterocycles. The van der Waals surface area contributed by atoms with Crippen LogP contribution in [0.25, 0.3) is 0 Å². The fraction of sp³-hybridized carbons (Fsp3) is 0.720. The van der Waals surface area contributed by atoms with Crippen LogP contribution in [0.15, 0.2) is 29.3 Å². The summed E-state index contributed by atoms with van der Waals surface area (Å²) in [6.45, 7) is 17.1. The van der Waals surface area contributed by atoms with Crippen LogP contribution in [-0.2, 0) is 10.2 Å². The van der Waals surface area contributed by atoms with Gasteiger partial charge in [0.1, 0.15) is 0 Å². The molecule has 2 fully saturated rings. The molecule has 1 aromatic rings. The van der Waals surface area contributed by atoms with Gasteiger partial charge < -0.3 is 20.3 Å². The monoisotopic (exact) mass is 557 g/mol. The molecule has 2 heterocycles. The largest absolute Gasteiger partial charge is 0.379 e. The molecule has 6 nitrogen and oxygen atoms in total. The first-order valence-corrected chi connectivity index (χ1v) is 12.0. The van der Waals surface area contributed by atoms with Gasteiger partial charge in [0.2, 0.25) is 0 Å². The molecule has 1 unspecified atom stereocenters. The number of piperidine rings is 1. The number of aliphatic imine (C=N–C) groups is 1. The van der Waals surface area contributed by atoms with Crippen molar-refractivity contribution in [2.75, 3.05) is 64.4 Å². The van der Waals surface area contributed by atoms with Crippen LogP contribution in [0.1, 0.15) is 46.1 Å². The van der Waals surface area contributed by atoms with E-state index >= 15 is 0 Å². The molecule has 0 spiro atoms. The Labute approximate surface area is 212 Å². The van der Waals surface area contributed by atoms with Crippen molar-refractivity contribution in [3.63, 3.8) is 0 Å². The van der Waals surface area contributed by atoms with Gasteiger partial charge in [0.25, 0.3) is 0 Å². The summed E-state index contributed by atoms with van der Waals surface area (Å²) in [6.07, 6.45) is 2.26. The zero-order valence-corrected chi connectivity index (χ0v) is 23.0. The lowest BCUT2D eigenvalue weighted by atomic mass is 9.87. The molecule has 2 saturated heterocycles. The number of nitrogens with one attached hydrogen (secondary N) is 2. The summed E-state index contributed by atoms with van der Waals surface area (Å²) in [4.78, 5) is 9.46. The Morgan fingerprint density at radius 2 is 1.72 bits per heavy atom. The fourth-order valence-electron chi connectivity index (χ4n) is 4.40. The SMILES string of the molecule is CN=C(NCC(C)CN1CCOCC1)NC1CCN(c2ccc(C(C)(C)C)cc2)CC1.I. The summed E-state index contributed by atoms with van der Waals surface area (Å²) in [5.74, 6) is 1.51. The first-order valence-electron chi connectivity index (χ1n) is 12.0. The van der Waals surface area contributed by atoms with Gasteiger partial charge >= 0.3 is 0 Å². The van der Waals surface area contributed by atoms with Crippen molar-refractivity contribution < 1.29 is 4.74 Å². The lowest BCUT2D eigenvalue weighted by molar-refractivity contribution is 0.0320. The van der Waals surface area contributed by atoms with Crippen molar-refractivity contribution in [3.05, 3.63) is 29.8 Å². The highest BCUT2D eigenvalue weighted by Gasteiger charge is 2.21. The van der Waals surface area contributed by atoms with Gasteiger partial charge in [-0.1, -0.05) is 39.8 Å². The summed E-state index contributed by atoms with van der Waals surface area (Å²) < 4.78 is 5.45. The summed E-state index contributed by atoms with van der Waals surface area (Å²) in [5, 5.41) is 7.18. The molecular formula is C25H44IN5O. The smallest absolute Gasteiger partial charge is 0.191 e. The van der Waals surface area contributed by atoms with Crippen molar-refractivity contribution in [2.24, 2.45) is 10.9 Å². The maximum atomic E-state index is 5.45. The van der Waals surface area contributed by atoms with E-state index in [1.165, 1.54) is 11.3 Å². The summed E-state index contributed by atoms with van der Waals surface area (Å²) in [7, 11) is 1.87. The first kappa shape index (κ1) is 27.2. The molecule has 0 bridgehead atoms. The molecule has 1 aromatic carbocycles.